The van der Waals surface area contributed by atoms with E-state index in [-0.39, 0.29) is 18.2 Å². The van der Waals surface area contributed by atoms with Gasteiger partial charge in [0.15, 0.2) is 0 Å². The first-order valence-corrected chi connectivity index (χ1v) is 11.2. The first kappa shape index (κ1) is 22.1. The first-order valence-electron chi connectivity index (χ1n) is 11.2. The molecule has 1 aliphatic heterocycles. The molecule has 29 heavy (non-hydrogen) atoms. The summed E-state index contributed by atoms with van der Waals surface area (Å²) in [7, 11) is 1.88. The van der Waals surface area contributed by atoms with Crippen molar-refractivity contribution in [3.8, 4) is 0 Å². The summed E-state index contributed by atoms with van der Waals surface area (Å²) < 4.78 is 5.55. The molecule has 1 aromatic rings. The number of rotatable bonds is 6. The van der Waals surface area contributed by atoms with Gasteiger partial charge in [-0.25, -0.2) is 4.79 Å². The Labute approximate surface area is 176 Å². The maximum absolute atomic E-state index is 12.4. The van der Waals surface area contributed by atoms with E-state index in [9.17, 15) is 4.79 Å². The number of likely N-dealkylation sites (tertiary alicyclic amines) is 1. The quantitative estimate of drug-likeness (QED) is 0.738. The van der Waals surface area contributed by atoms with E-state index in [4.69, 9.17) is 10.5 Å². The Balaban J connectivity index is 1.62. The van der Waals surface area contributed by atoms with E-state index in [1.54, 1.807) is 4.90 Å². The molecule has 162 valence electrons. The topological polar surface area (TPSA) is 58.8 Å². The summed E-state index contributed by atoms with van der Waals surface area (Å²) in [6.45, 7) is 9.82. The number of nitrogens with two attached hydrogens (primary N) is 1. The van der Waals surface area contributed by atoms with Crippen molar-refractivity contribution >= 4 is 6.09 Å². The SMILES string of the molecule is C[C@H](N)c1ccc(C(CC2CC2)N2CCC(N(C)C(=O)OC(C)(C)C)CC2)cc1. The summed E-state index contributed by atoms with van der Waals surface area (Å²) in [5, 5.41) is 0. The molecule has 0 radical (unpaired) electrons. The Kier molecular flexibility index (Phi) is 6.90. The van der Waals surface area contributed by atoms with Crippen LogP contribution < -0.4 is 5.73 Å². The van der Waals surface area contributed by atoms with Crippen molar-refractivity contribution in [2.75, 3.05) is 20.1 Å². The zero-order valence-corrected chi connectivity index (χ0v) is 18.9. The summed E-state index contributed by atoms with van der Waals surface area (Å²) in [5.41, 5.74) is 8.17. The minimum absolute atomic E-state index is 0.0741. The van der Waals surface area contributed by atoms with Crippen LogP contribution in [0, 0.1) is 5.92 Å². The lowest BCUT2D eigenvalue weighted by Crippen LogP contribution is -2.47. The van der Waals surface area contributed by atoms with Gasteiger partial charge in [-0.05, 0) is 64.0 Å². The van der Waals surface area contributed by atoms with Gasteiger partial charge in [-0.2, -0.15) is 0 Å². The predicted molar refractivity (Wildman–Crippen MR) is 118 cm³/mol. The molecule has 1 aliphatic carbocycles. The Morgan fingerprint density at radius 2 is 1.69 bits per heavy atom. The van der Waals surface area contributed by atoms with E-state index in [1.165, 1.54) is 30.4 Å². The average Bonchev–Trinajstić information content (AvgIpc) is 3.49. The van der Waals surface area contributed by atoms with Gasteiger partial charge in [0.05, 0.1) is 0 Å². The predicted octanol–water partition coefficient (Wildman–Crippen LogP) is 4.88. The van der Waals surface area contributed by atoms with Crippen molar-refractivity contribution < 1.29 is 9.53 Å². The lowest BCUT2D eigenvalue weighted by atomic mass is 9.94. The van der Waals surface area contributed by atoms with Gasteiger partial charge in [0.1, 0.15) is 5.60 Å². The minimum Gasteiger partial charge on any atom is -0.444 e. The second-order valence-corrected chi connectivity index (χ2v) is 10.0. The van der Waals surface area contributed by atoms with E-state index in [0.717, 1.165) is 31.8 Å². The van der Waals surface area contributed by atoms with Crippen LogP contribution in [0.2, 0.25) is 0 Å². The molecule has 1 saturated carbocycles. The monoisotopic (exact) mass is 401 g/mol. The van der Waals surface area contributed by atoms with Crippen LogP contribution in [-0.4, -0.2) is 47.7 Å². The summed E-state index contributed by atoms with van der Waals surface area (Å²) in [4.78, 5) is 16.8. The average molecular weight is 402 g/mol. The Bertz CT molecular complexity index is 668. The van der Waals surface area contributed by atoms with Crippen LogP contribution in [0.3, 0.4) is 0 Å². The van der Waals surface area contributed by atoms with Crippen LogP contribution >= 0.6 is 0 Å². The molecule has 3 rings (SSSR count). The van der Waals surface area contributed by atoms with Gasteiger partial charge in [-0.3, -0.25) is 4.90 Å². The number of benzene rings is 1. The van der Waals surface area contributed by atoms with Gasteiger partial charge >= 0.3 is 6.09 Å². The van der Waals surface area contributed by atoms with Crippen molar-refractivity contribution in [3.05, 3.63) is 35.4 Å². The van der Waals surface area contributed by atoms with Gasteiger partial charge in [-0.15, -0.1) is 0 Å². The Morgan fingerprint density at radius 3 is 2.17 bits per heavy atom. The second-order valence-electron chi connectivity index (χ2n) is 10.0. The standard InChI is InChI=1S/C24H39N3O2/c1-17(25)19-8-10-20(11-9-19)22(16-18-6-7-18)27-14-12-21(13-15-27)26(5)23(28)29-24(2,3)4/h8-11,17-18,21-22H,6-7,12-16,25H2,1-5H3/t17-,22?/m0/s1. The molecule has 1 heterocycles. The van der Waals surface area contributed by atoms with Crippen LogP contribution in [0.5, 0.6) is 0 Å². The summed E-state index contributed by atoms with van der Waals surface area (Å²) in [6, 6.07) is 9.70. The molecule has 0 bridgehead atoms. The molecule has 1 unspecified atom stereocenters. The Morgan fingerprint density at radius 1 is 1.14 bits per heavy atom. The summed E-state index contributed by atoms with van der Waals surface area (Å²) in [5.74, 6) is 0.871. The van der Waals surface area contributed by atoms with Crippen LogP contribution in [0.1, 0.15) is 83.0 Å². The molecule has 2 atom stereocenters. The third-order valence-corrected chi connectivity index (χ3v) is 6.27. The van der Waals surface area contributed by atoms with Crippen LogP contribution in [0.25, 0.3) is 0 Å². The molecule has 1 aromatic carbocycles. The summed E-state index contributed by atoms with van der Waals surface area (Å²) >= 11 is 0. The third kappa shape index (κ3) is 6.19. The van der Waals surface area contributed by atoms with Crippen molar-refractivity contribution in [1.29, 1.82) is 0 Å². The molecule has 5 heteroatoms. The van der Waals surface area contributed by atoms with Gasteiger partial charge in [0.25, 0.3) is 0 Å². The van der Waals surface area contributed by atoms with E-state index < -0.39 is 5.60 Å². The van der Waals surface area contributed by atoms with Gasteiger partial charge in [0, 0.05) is 38.3 Å². The molecule has 1 amide bonds. The zero-order chi connectivity index (χ0) is 21.2. The molecule has 1 saturated heterocycles. The number of ether oxygens (including phenoxy) is 1. The van der Waals surface area contributed by atoms with Crippen LogP contribution in [0.15, 0.2) is 24.3 Å². The highest BCUT2D eigenvalue weighted by Crippen LogP contribution is 2.41. The summed E-state index contributed by atoms with van der Waals surface area (Å²) in [6.07, 6.45) is 5.75. The fourth-order valence-electron chi connectivity index (χ4n) is 4.25. The fourth-order valence-corrected chi connectivity index (χ4v) is 4.25. The normalized spacial score (nSPS) is 20.9. The number of carbonyl (C=O) groups is 1. The maximum Gasteiger partial charge on any atom is 0.410 e. The molecule has 2 aliphatic rings. The lowest BCUT2D eigenvalue weighted by Gasteiger charge is -2.41. The largest absolute Gasteiger partial charge is 0.444 e. The fraction of sp³-hybridized carbons (Fsp3) is 0.708. The van der Waals surface area contributed by atoms with Gasteiger partial charge < -0.3 is 15.4 Å². The molecule has 0 aromatic heterocycles. The number of hydrogen-bond acceptors (Lipinski definition) is 4. The number of amides is 1. The van der Waals surface area contributed by atoms with Crippen molar-refractivity contribution in [1.82, 2.24) is 9.80 Å². The van der Waals surface area contributed by atoms with Crippen molar-refractivity contribution in [3.63, 3.8) is 0 Å². The van der Waals surface area contributed by atoms with E-state index in [2.05, 4.69) is 29.2 Å². The first-order chi connectivity index (χ1) is 13.6. The number of hydrogen-bond donors (Lipinski definition) is 1. The van der Waals surface area contributed by atoms with Crippen molar-refractivity contribution in [2.45, 2.75) is 83.5 Å². The highest BCUT2D eigenvalue weighted by Gasteiger charge is 2.34. The van der Waals surface area contributed by atoms with E-state index in [1.807, 2.05) is 34.7 Å². The highest BCUT2D eigenvalue weighted by atomic mass is 16.6. The molecular formula is C24H39N3O2. The molecule has 5 nitrogen and oxygen atoms in total. The zero-order valence-electron chi connectivity index (χ0n) is 18.9. The van der Waals surface area contributed by atoms with Crippen LogP contribution in [0.4, 0.5) is 4.79 Å². The molecule has 0 spiro atoms. The molecule has 2 fully saturated rings. The van der Waals surface area contributed by atoms with E-state index >= 15 is 0 Å². The van der Waals surface area contributed by atoms with Gasteiger partial charge in [0.2, 0.25) is 0 Å². The molecular weight excluding hydrogens is 362 g/mol. The number of piperidine rings is 1. The van der Waals surface area contributed by atoms with Crippen molar-refractivity contribution in [2.24, 2.45) is 11.7 Å². The number of carbonyl (C=O) groups excluding carboxylic acids is 1. The van der Waals surface area contributed by atoms with Crippen LogP contribution in [-0.2, 0) is 4.74 Å². The second kappa shape index (κ2) is 9.05. The minimum atomic E-state index is -0.450. The maximum atomic E-state index is 12.4. The highest BCUT2D eigenvalue weighted by molar-refractivity contribution is 5.68. The number of nitrogens with zero attached hydrogens (tertiary/aromatic N) is 2. The third-order valence-electron chi connectivity index (χ3n) is 6.27. The Hall–Kier alpha value is -1.59. The van der Waals surface area contributed by atoms with Gasteiger partial charge in [-0.1, -0.05) is 37.1 Å². The van der Waals surface area contributed by atoms with E-state index in [0.29, 0.717) is 6.04 Å². The molecule has 2 N–H and O–H groups in total. The smallest absolute Gasteiger partial charge is 0.410 e. The lowest BCUT2D eigenvalue weighted by molar-refractivity contribution is 0.0124.